The first-order chi connectivity index (χ1) is 18.8. The van der Waals surface area contributed by atoms with Crippen LogP contribution in [0.3, 0.4) is 0 Å². The van der Waals surface area contributed by atoms with Crippen LogP contribution in [0.4, 0.5) is 5.13 Å². The Kier molecular flexibility index (Phi) is 7.54. The lowest BCUT2D eigenvalue weighted by Gasteiger charge is -2.23. The molecule has 3 aromatic carbocycles. The summed E-state index contributed by atoms with van der Waals surface area (Å²) >= 11 is 2.75. The molecule has 0 radical (unpaired) electrons. The maximum atomic E-state index is 13.5. The fourth-order valence-electron chi connectivity index (χ4n) is 4.48. The molecular formula is C30H27N3O4S2. The number of carbonyl (C=O) groups excluding carboxylic acids is 2. The highest BCUT2D eigenvalue weighted by molar-refractivity contribution is 8.00. The van der Waals surface area contributed by atoms with Gasteiger partial charge in [0.1, 0.15) is 11.5 Å². The third-order valence-corrected chi connectivity index (χ3v) is 8.71. The Morgan fingerprint density at radius 1 is 1.00 bits per heavy atom. The minimum Gasteiger partial charge on any atom is -0.507 e. The molecule has 9 heteroatoms. The van der Waals surface area contributed by atoms with Crippen LogP contribution in [-0.2, 0) is 15.3 Å². The van der Waals surface area contributed by atoms with E-state index in [2.05, 4.69) is 34.5 Å². The van der Waals surface area contributed by atoms with E-state index in [0.29, 0.717) is 27.0 Å². The molecule has 1 fully saturated rings. The highest BCUT2D eigenvalue weighted by Crippen LogP contribution is 2.45. The van der Waals surface area contributed by atoms with Gasteiger partial charge in [-0.05, 0) is 55.7 Å². The Balaban J connectivity index is 1.57. The maximum Gasteiger partial charge on any atom is 0.301 e. The predicted molar refractivity (Wildman–Crippen MR) is 154 cm³/mol. The van der Waals surface area contributed by atoms with Gasteiger partial charge in [0.05, 0.1) is 18.7 Å². The van der Waals surface area contributed by atoms with Gasteiger partial charge < -0.3 is 9.84 Å². The normalized spacial score (nSPS) is 16.6. The number of aromatic nitrogens is 2. The number of benzene rings is 3. The first-order valence-electron chi connectivity index (χ1n) is 12.3. The number of rotatable bonds is 7. The summed E-state index contributed by atoms with van der Waals surface area (Å²) in [7, 11) is 1.55. The van der Waals surface area contributed by atoms with Gasteiger partial charge in [-0.3, -0.25) is 14.5 Å². The van der Waals surface area contributed by atoms with Crippen LogP contribution in [-0.4, -0.2) is 34.1 Å². The zero-order chi connectivity index (χ0) is 27.7. The van der Waals surface area contributed by atoms with Crippen molar-refractivity contribution in [1.29, 1.82) is 0 Å². The van der Waals surface area contributed by atoms with Crippen molar-refractivity contribution in [3.63, 3.8) is 0 Å². The SMILES string of the molecule is COc1cccc(C2C(=C(O)c3cc(C)ccc3C)C(=O)C(=O)N2c2nnc(SCc3ccc(C)cc3)s2)c1. The number of thioether (sulfide) groups is 1. The van der Waals surface area contributed by atoms with Gasteiger partial charge >= 0.3 is 5.91 Å². The Hall–Kier alpha value is -3.95. The smallest absolute Gasteiger partial charge is 0.301 e. The Morgan fingerprint density at radius 2 is 1.74 bits per heavy atom. The van der Waals surface area contributed by atoms with Crippen LogP contribution in [0.5, 0.6) is 5.75 Å². The molecule has 1 N–H and O–H groups in total. The van der Waals surface area contributed by atoms with E-state index >= 15 is 0 Å². The van der Waals surface area contributed by atoms with Gasteiger partial charge in [0.2, 0.25) is 5.13 Å². The molecule has 1 aliphatic rings. The molecule has 1 atom stereocenters. The topological polar surface area (TPSA) is 92.6 Å². The summed E-state index contributed by atoms with van der Waals surface area (Å²) < 4.78 is 6.09. The monoisotopic (exact) mass is 557 g/mol. The third-order valence-electron chi connectivity index (χ3n) is 6.59. The first-order valence-corrected chi connectivity index (χ1v) is 14.1. The third kappa shape index (κ3) is 5.32. The van der Waals surface area contributed by atoms with Gasteiger partial charge in [-0.2, -0.15) is 0 Å². The number of anilines is 1. The van der Waals surface area contributed by atoms with Crippen LogP contribution in [0.2, 0.25) is 0 Å². The molecule has 2 heterocycles. The van der Waals surface area contributed by atoms with Crippen LogP contribution in [0, 0.1) is 20.8 Å². The summed E-state index contributed by atoms with van der Waals surface area (Å²) in [4.78, 5) is 28.3. The first kappa shape index (κ1) is 26.6. The molecule has 5 rings (SSSR count). The summed E-state index contributed by atoms with van der Waals surface area (Å²) in [5.41, 5.74) is 5.18. The number of Topliss-reactive ketones (excluding diaryl/α,β-unsaturated/α-hetero) is 1. The average Bonchev–Trinajstić information content (AvgIpc) is 3.51. The summed E-state index contributed by atoms with van der Waals surface area (Å²) in [6, 6.07) is 20.1. The highest BCUT2D eigenvalue weighted by Gasteiger charge is 2.48. The molecule has 0 bridgehead atoms. The van der Waals surface area contributed by atoms with Crippen LogP contribution in [0.1, 0.15) is 39.4 Å². The van der Waals surface area contributed by atoms with Crippen LogP contribution in [0.25, 0.3) is 5.76 Å². The molecule has 0 saturated carbocycles. The van der Waals surface area contributed by atoms with Crippen molar-refractivity contribution in [3.8, 4) is 5.75 Å². The zero-order valence-electron chi connectivity index (χ0n) is 22.0. The zero-order valence-corrected chi connectivity index (χ0v) is 23.6. The standard InChI is InChI=1S/C30H27N3O4S2/c1-17-9-12-20(13-10-17)16-38-30-32-31-29(39-30)33-25(21-6-5-7-22(15-21)37-4)24(27(35)28(33)36)26(34)23-14-18(2)8-11-19(23)3/h5-15,25,34H,16H2,1-4H3. The quantitative estimate of drug-likeness (QED) is 0.0925. The van der Waals surface area contributed by atoms with Crippen molar-refractivity contribution >= 4 is 45.7 Å². The molecule has 0 aliphatic carbocycles. The molecule has 1 aromatic heterocycles. The molecule has 1 amide bonds. The molecule has 4 aromatic rings. The van der Waals surface area contributed by atoms with E-state index in [9.17, 15) is 14.7 Å². The Labute approximate surface area is 235 Å². The molecule has 39 heavy (non-hydrogen) atoms. The summed E-state index contributed by atoms with van der Waals surface area (Å²) in [5.74, 6) is -0.495. The number of aliphatic hydroxyl groups is 1. The predicted octanol–water partition coefficient (Wildman–Crippen LogP) is 6.39. The Morgan fingerprint density at radius 3 is 2.49 bits per heavy atom. The average molecular weight is 558 g/mol. The molecule has 1 aliphatic heterocycles. The summed E-state index contributed by atoms with van der Waals surface area (Å²) in [6.07, 6.45) is 0. The number of carbonyl (C=O) groups is 2. The second kappa shape index (κ2) is 11.0. The van der Waals surface area contributed by atoms with E-state index in [1.165, 1.54) is 33.6 Å². The second-order valence-corrected chi connectivity index (χ2v) is 11.6. The van der Waals surface area contributed by atoms with Crippen LogP contribution < -0.4 is 9.64 Å². The minimum absolute atomic E-state index is 0.00557. The van der Waals surface area contributed by atoms with Crippen LogP contribution >= 0.6 is 23.1 Å². The van der Waals surface area contributed by atoms with Gasteiger partial charge in [0.25, 0.3) is 5.78 Å². The van der Waals surface area contributed by atoms with E-state index in [-0.39, 0.29) is 16.5 Å². The minimum atomic E-state index is -0.900. The maximum absolute atomic E-state index is 13.5. The number of nitrogens with zero attached hydrogens (tertiary/aromatic N) is 3. The molecule has 0 spiro atoms. The molecule has 7 nitrogen and oxygen atoms in total. The lowest BCUT2D eigenvalue weighted by atomic mass is 9.93. The number of aryl methyl sites for hydroxylation is 3. The molecule has 1 saturated heterocycles. The van der Waals surface area contributed by atoms with Crippen molar-refractivity contribution in [3.05, 3.63) is 106 Å². The molecular weight excluding hydrogens is 530 g/mol. The summed E-state index contributed by atoms with van der Waals surface area (Å²) in [6.45, 7) is 5.81. The number of ether oxygens (including phenoxy) is 1. The second-order valence-electron chi connectivity index (χ2n) is 9.39. The van der Waals surface area contributed by atoms with E-state index < -0.39 is 17.7 Å². The van der Waals surface area contributed by atoms with Crippen molar-refractivity contribution in [2.45, 2.75) is 36.9 Å². The van der Waals surface area contributed by atoms with Gasteiger partial charge in [-0.25, -0.2) is 0 Å². The van der Waals surface area contributed by atoms with Gasteiger partial charge in [-0.15, -0.1) is 10.2 Å². The number of aliphatic hydroxyl groups excluding tert-OH is 1. The van der Waals surface area contributed by atoms with Gasteiger partial charge in [0, 0.05) is 11.3 Å². The summed E-state index contributed by atoms with van der Waals surface area (Å²) in [5, 5.41) is 20.4. The lowest BCUT2D eigenvalue weighted by Crippen LogP contribution is -2.29. The molecule has 1 unspecified atom stereocenters. The fraction of sp³-hybridized carbons (Fsp3) is 0.200. The van der Waals surface area contributed by atoms with E-state index in [1.807, 2.05) is 39.0 Å². The number of hydrogen-bond donors (Lipinski definition) is 1. The van der Waals surface area contributed by atoms with Gasteiger partial charge in [0.15, 0.2) is 4.34 Å². The Bertz CT molecular complexity index is 1590. The highest BCUT2D eigenvalue weighted by atomic mass is 32.2. The van der Waals surface area contributed by atoms with Gasteiger partial charge in [-0.1, -0.05) is 82.8 Å². The lowest BCUT2D eigenvalue weighted by molar-refractivity contribution is -0.132. The van der Waals surface area contributed by atoms with E-state index in [1.54, 1.807) is 31.4 Å². The van der Waals surface area contributed by atoms with Crippen molar-refractivity contribution in [1.82, 2.24) is 10.2 Å². The van der Waals surface area contributed by atoms with Crippen molar-refractivity contribution in [2.24, 2.45) is 0 Å². The number of hydrogen-bond acceptors (Lipinski definition) is 8. The number of ketones is 1. The number of methoxy groups -OCH3 is 1. The van der Waals surface area contributed by atoms with E-state index in [0.717, 1.165) is 16.7 Å². The number of amides is 1. The van der Waals surface area contributed by atoms with Crippen molar-refractivity contribution < 1.29 is 19.4 Å². The fourth-order valence-corrected chi connectivity index (χ4v) is 6.30. The van der Waals surface area contributed by atoms with E-state index in [4.69, 9.17) is 4.74 Å². The largest absolute Gasteiger partial charge is 0.507 e. The van der Waals surface area contributed by atoms with Crippen LogP contribution in [0.15, 0.2) is 76.6 Å². The van der Waals surface area contributed by atoms with Crippen molar-refractivity contribution in [2.75, 3.05) is 12.0 Å². The molecule has 198 valence electrons.